The Morgan fingerprint density at radius 2 is 1.83 bits per heavy atom. The lowest BCUT2D eigenvalue weighted by Crippen LogP contribution is -2.10. The van der Waals surface area contributed by atoms with Crippen molar-refractivity contribution in [2.24, 2.45) is 5.10 Å². The first-order chi connectivity index (χ1) is 13.9. The van der Waals surface area contributed by atoms with Crippen molar-refractivity contribution in [3.63, 3.8) is 0 Å². The van der Waals surface area contributed by atoms with E-state index in [1.54, 1.807) is 30.5 Å². The van der Waals surface area contributed by atoms with Gasteiger partial charge in [0.05, 0.1) is 31.1 Å². The number of hydrogen-bond donors (Lipinski definition) is 1. The van der Waals surface area contributed by atoms with Crippen LogP contribution < -0.4 is 5.43 Å². The van der Waals surface area contributed by atoms with Gasteiger partial charge in [-0.15, -0.1) is 0 Å². The number of aromatic nitrogens is 1. The van der Waals surface area contributed by atoms with Gasteiger partial charge in [0, 0.05) is 32.6 Å². The van der Waals surface area contributed by atoms with Crippen molar-refractivity contribution in [1.29, 1.82) is 0 Å². The van der Waals surface area contributed by atoms with Gasteiger partial charge in [0.15, 0.2) is 0 Å². The van der Waals surface area contributed by atoms with Gasteiger partial charge in [-0.25, -0.2) is 4.79 Å². The molecule has 0 bridgehead atoms. The third kappa shape index (κ3) is 4.47. The monoisotopic (exact) mass is 429 g/mol. The van der Waals surface area contributed by atoms with Crippen molar-refractivity contribution in [2.75, 3.05) is 7.11 Å². The van der Waals surface area contributed by atoms with E-state index in [-0.39, 0.29) is 5.97 Å². The molecule has 0 radical (unpaired) electrons. The number of rotatable bonds is 6. The molecule has 0 aliphatic rings. The van der Waals surface area contributed by atoms with Gasteiger partial charge in [-0.3, -0.25) is 0 Å². The predicted octanol–water partition coefficient (Wildman–Crippen LogP) is 5.31. The number of carbonyl (C=O) groups excluding carboxylic acids is 1. The lowest BCUT2D eigenvalue weighted by atomic mass is 10.1. The van der Waals surface area contributed by atoms with Crippen LogP contribution in [-0.2, 0) is 11.3 Å². The standard InChI is InChI=1S/C22H21Cl2N3O2/c1-14-11-16(12-25-26-13-18-19(23)8-6-9-20(18)24)15(2)27(14)21-10-5-4-7-17(21)22(28)29-3/h4-12,26H,13H2,1-3H3/b25-12+. The van der Waals surface area contributed by atoms with Crippen LogP contribution in [0.3, 0.4) is 0 Å². The molecule has 29 heavy (non-hydrogen) atoms. The molecule has 0 amide bonds. The zero-order valence-corrected chi connectivity index (χ0v) is 17.9. The Hall–Kier alpha value is -2.76. The number of para-hydroxylation sites is 1. The second-order valence-corrected chi connectivity index (χ2v) is 7.28. The molecule has 0 fully saturated rings. The maximum absolute atomic E-state index is 12.1. The minimum Gasteiger partial charge on any atom is -0.465 e. The van der Waals surface area contributed by atoms with E-state index in [0.717, 1.165) is 28.2 Å². The number of hydrogen-bond acceptors (Lipinski definition) is 4. The molecule has 0 saturated heterocycles. The second-order valence-electron chi connectivity index (χ2n) is 6.46. The molecule has 0 atom stereocenters. The van der Waals surface area contributed by atoms with Gasteiger partial charge in [0.1, 0.15) is 0 Å². The highest BCUT2D eigenvalue weighted by molar-refractivity contribution is 6.35. The number of carbonyl (C=O) groups is 1. The Balaban J connectivity index is 1.84. The Kier molecular flexibility index (Phi) is 6.62. The lowest BCUT2D eigenvalue weighted by Gasteiger charge is -2.13. The van der Waals surface area contributed by atoms with Crippen molar-refractivity contribution in [3.05, 3.63) is 86.7 Å². The van der Waals surface area contributed by atoms with Crippen molar-refractivity contribution in [3.8, 4) is 5.69 Å². The summed E-state index contributed by atoms with van der Waals surface area (Å²) in [6.45, 7) is 4.38. The molecule has 0 saturated carbocycles. The van der Waals surface area contributed by atoms with Crippen LogP contribution in [-0.4, -0.2) is 23.9 Å². The van der Waals surface area contributed by atoms with E-state index < -0.39 is 0 Å². The molecule has 2 aromatic carbocycles. The molecule has 0 aliphatic heterocycles. The summed E-state index contributed by atoms with van der Waals surface area (Å²) in [6, 6.07) is 14.8. The van der Waals surface area contributed by atoms with E-state index in [1.807, 2.05) is 42.7 Å². The van der Waals surface area contributed by atoms with E-state index in [9.17, 15) is 4.79 Å². The number of halogens is 2. The summed E-state index contributed by atoms with van der Waals surface area (Å²) >= 11 is 12.4. The molecule has 0 unspecified atom stereocenters. The molecule has 1 N–H and O–H groups in total. The fraction of sp³-hybridized carbons (Fsp3) is 0.182. The highest BCUT2D eigenvalue weighted by Crippen LogP contribution is 2.25. The Morgan fingerprint density at radius 1 is 1.14 bits per heavy atom. The van der Waals surface area contributed by atoms with E-state index >= 15 is 0 Å². The number of nitrogens with zero attached hydrogens (tertiary/aromatic N) is 2. The molecular weight excluding hydrogens is 409 g/mol. The first-order valence-electron chi connectivity index (χ1n) is 8.99. The molecule has 150 valence electrons. The zero-order chi connectivity index (χ0) is 21.0. The van der Waals surface area contributed by atoms with Crippen LogP contribution in [0.25, 0.3) is 5.69 Å². The van der Waals surface area contributed by atoms with Crippen LogP contribution in [0.1, 0.15) is 32.9 Å². The number of aryl methyl sites for hydroxylation is 1. The molecule has 0 aliphatic carbocycles. The number of nitrogens with one attached hydrogen (secondary N) is 1. The van der Waals surface area contributed by atoms with Gasteiger partial charge in [0.25, 0.3) is 0 Å². The predicted molar refractivity (Wildman–Crippen MR) is 117 cm³/mol. The number of benzene rings is 2. The van der Waals surface area contributed by atoms with Crippen LogP contribution in [0, 0.1) is 13.8 Å². The summed E-state index contributed by atoms with van der Waals surface area (Å²) in [4.78, 5) is 12.1. The SMILES string of the molecule is COC(=O)c1ccccc1-n1c(C)cc(/C=N/NCc2c(Cl)cccc2Cl)c1C. The molecule has 3 rings (SSSR count). The minimum atomic E-state index is -0.374. The fourth-order valence-corrected chi connectivity index (χ4v) is 3.71. The molecular formula is C22H21Cl2N3O2. The molecule has 7 heteroatoms. The molecule has 3 aromatic rings. The Morgan fingerprint density at radius 3 is 2.52 bits per heavy atom. The highest BCUT2D eigenvalue weighted by atomic mass is 35.5. The van der Waals surface area contributed by atoms with Crippen molar-refractivity contribution in [1.82, 2.24) is 9.99 Å². The quantitative estimate of drug-likeness (QED) is 0.328. The van der Waals surface area contributed by atoms with E-state index in [2.05, 4.69) is 10.5 Å². The van der Waals surface area contributed by atoms with Gasteiger partial charge in [-0.2, -0.15) is 5.10 Å². The van der Waals surface area contributed by atoms with E-state index in [0.29, 0.717) is 22.2 Å². The van der Waals surface area contributed by atoms with Gasteiger partial charge >= 0.3 is 5.97 Å². The van der Waals surface area contributed by atoms with Crippen LogP contribution in [0.4, 0.5) is 0 Å². The topological polar surface area (TPSA) is 55.6 Å². The summed E-state index contributed by atoms with van der Waals surface area (Å²) in [5.74, 6) is -0.374. The van der Waals surface area contributed by atoms with Crippen molar-refractivity contribution in [2.45, 2.75) is 20.4 Å². The van der Waals surface area contributed by atoms with Crippen LogP contribution >= 0.6 is 23.2 Å². The largest absolute Gasteiger partial charge is 0.465 e. The maximum atomic E-state index is 12.1. The maximum Gasteiger partial charge on any atom is 0.339 e. The van der Waals surface area contributed by atoms with Gasteiger partial charge in [-0.1, -0.05) is 41.4 Å². The summed E-state index contributed by atoms with van der Waals surface area (Å²) in [5.41, 5.74) is 7.92. The molecule has 0 spiro atoms. The van der Waals surface area contributed by atoms with Crippen molar-refractivity contribution < 1.29 is 9.53 Å². The third-order valence-corrected chi connectivity index (χ3v) is 5.34. The van der Waals surface area contributed by atoms with Gasteiger partial charge in [0.2, 0.25) is 0 Å². The van der Waals surface area contributed by atoms with Crippen LogP contribution in [0.2, 0.25) is 10.0 Å². The Bertz CT molecular complexity index is 1050. The fourth-order valence-electron chi connectivity index (χ4n) is 3.18. The summed E-state index contributed by atoms with van der Waals surface area (Å²) in [7, 11) is 1.38. The minimum absolute atomic E-state index is 0.374. The summed E-state index contributed by atoms with van der Waals surface area (Å²) in [5, 5.41) is 5.49. The number of methoxy groups -OCH3 is 1. The number of hydrazone groups is 1. The third-order valence-electron chi connectivity index (χ3n) is 4.63. The normalized spacial score (nSPS) is 11.1. The molecule has 1 heterocycles. The van der Waals surface area contributed by atoms with E-state index in [4.69, 9.17) is 27.9 Å². The highest BCUT2D eigenvalue weighted by Gasteiger charge is 2.16. The van der Waals surface area contributed by atoms with Gasteiger partial charge in [-0.05, 0) is 44.2 Å². The zero-order valence-electron chi connectivity index (χ0n) is 16.4. The molecule has 1 aromatic heterocycles. The van der Waals surface area contributed by atoms with E-state index in [1.165, 1.54) is 7.11 Å². The first kappa shape index (κ1) is 21.0. The lowest BCUT2D eigenvalue weighted by molar-refractivity contribution is 0.0601. The smallest absolute Gasteiger partial charge is 0.339 e. The van der Waals surface area contributed by atoms with Crippen LogP contribution in [0.15, 0.2) is 53.6 Å². The van der Waals surface area contributed by atoms with Gasteiger partial charge < -0.3 is 14.7 Å². The summed E-state index contributed by atoms with van der Waals surface area (Å²) in [6.07, 6.45) is 1.74. The molecule has 5 nitrogen and oxygen atoms in total. The summed E-state index contributed by atoms with van der Waals surface area (Å²) < 4.78 is 6.93. The van der Waals surface area contributed by atoms with Crippen molar-refractivity contribution >= 4 is 35.4 Å². The average molecular weight is 430 g/mol. The number of ether oxygens (including phenoxy) is 1. The first-order valence-corrected chi connectivity index (χ1v) is 9.75. The Labute approximate surface area is 179 Å². The average Bonchev–Trinajstić information content (AvgIpc) is 2.99. The van der Waals surface area contributed by atoms with Crippen LogP contribution in [0.5, 0.6) is 0 Å². The number of esters is 1. The second kappa shape index (κ2) is 9.16.